The van der Waals surface area contributed by atoms with Crippen molar-refractivity contribution in [3.63, 3.8) is 0 Å². The zero-order valence-corrected chi connectivity index (χ0v) is 18.7. The molecule has 3 rings (SSSR count). The number of carbonyl (C=O) groups is 1. The summed E-state index contributed by atoms with van der Waals surface area (Å²) in [6.07, 6.45) is 1.78. The number of rotatable bonds is 8. The van der Waals surface area contributed by atoms with Crippen molar-refractivity contribution in [3.05, 3.63) is 35.0 Å². The number of sulfonamides is 1. The summed E-state index contributed by atoms with van der Waals surface area (Å²) in [6, 6.07) is 2.27. The van der Waals surface area contributed by atoms with Gasteiger partial charge in [-0.2, -0.15) is 0 Å². The first-order valence-electron chi connectivity index (χ1n) is 9.28. The van der Waals surface area contributed by atoms with Crippen LogP contribution < -0.4 is 15.4 Å². The highest BCUT2D eigenvalue weighted by atomic mass is 35.5. The lowest BCUT2D eigenvalue weighted by Gasteiger charge is -2.16. The van der Waals surface area contributed by atoms with Gasteiger partial charge in [0.05, 0.1) is 38.7 Å². The molecule has 0 bridgehead atoms. The van der Waals surface area contributed by atoms with Crippen molar-refractivity contribution >= 4 is 56.5 Å². The molecule has 2 heterocycles. The van der Waals surface area contributed by atoms with Gasteiger partial charge in [0.2, 0.25) is 15.9 Å². The van der Waals surface area contributed by atoms with Gasteiger partial charge < -0.3 is 10.6 Å². The van der Waals surface area contributed by atoms with E-state index >= 15 is 0 Å². The minimum Gasteiger partial charge on any atom is -0.369 e. The highest BCUT2D eigenvalue weighted by Gasteiger charge is 2.34. The van der Waals surface area contributed by atoms with E-state index in [9.17, 15) is 17.6 Å². The molecule has 0 fully saturated rings. The van der Waals surface area contributed by atoms with Crippen LogP contribution in [-0.4, -0.2) is 42.3 Å². The fraction of sp³-hybridized carbons (Fsp3) is 0.389. The molecule has 1 aliphatic rings. The van der Waals surface area contributed by atoms with E-state index in [1.165, 1.54) is 24.2 Å². The number of fused-ring (bicyclic) bond motifs is 1. The standard InChI is InChI=1S/C18H21ClFN5O3S2/c1-3-7-30(27,28)25-12-6-5-11(20)15(13(12)19)24-18(26)10-8-29-16-14(10)22-9-23-17(16)21-4-2/h5-6,9-10,25H,3-4,7-8H2,1-2H3,(H,24,26)(H,21,22,23). The number of aromatic nitrogens is 2. The molecule has 1 aromatic carbocycles. The van der Waals surface area contributed by atoms with Crippen LogP contribution in [0.15, 0.2) is 23.4 Å². The van der Waals surface area contributed by atoms with E-state index in [1.54, 1.807) is 6.92 Å². The number of anilines is 3. The van der Waals surface area contributed by atoms with Gasteiger partial charge in [-0.15, -0.1) is 11.8 Å². The van der Waals surface area contributed by atoms with Crippen LogP contribution in [0.5, 0.6) is 0 Å². The van der Waals surface area contributed by atoms with Crippen LogP contribution in [0.3, 0.4) is 0 Å². The van der Waals surface area contributed by atoms with Crippen LogP contribution in [-0.2, 0) is 14.8 Å². The molecule has 0 aliphatic carbocycles. The maximum Gasteiger partial charge on any atom is 0.234 e. The third-order valence-corrected chi connectivity index (χ3v) is 7.35. The lowest BCUT2D eigenvalue weighted by atomic mass is 10.1. The zero-order valence-electron chi connectivity index (χ0n) is 16.3. The number of benzene rings is 1. The summed E-state index contributed by atoms with van der Waals surface area (Å²) in [6.45, 7) is 4.33. The van der Waals surface area contributed by atoms with Crippen molar-refractivity contribution in [2.75, 3.05) is 33.4 Å². The second kappa shape index (κ2) is 9.36. The van der Waals surface area contributed by atoms with Crippen LogP contribution >= 0.6 is 23.4 Å². The van der Waals surface area contributed by atoms with Gasteiger partial charge in [0.25, 0.3) is 0 Å². The van der Waals surface area contributed by atoms with Crippen molar-refractivity contribution in [3.8, 4) is 0 Å². The minimum absolute atomic E-state index is 0.000212. The van der Waals surface area contributed by atoms with Gasteiger partial charge in [-0.25, -0.2) is 22.8 Å². The molecule has 3 N–H and O–H groups in total. The zero-order chi connectivity index (χ0) is 21.9. The largest absolute Gasteiger partial charge is 0.369 e. The molecule has 1 amide bonds. The molecule has 0 radical (unpaired) electrons. The van der Waals surface area contributed by atoms with E-state index in [2.05, 4.69) is 25.3 Å². The molecule has 1 aliphatic heterocycles. The Labute approximate surface area is 183 Å². The SMILES string of the molecule is CCCS(=O)(=O)Nc1ccc(F)c(NC(=O)C2CSc3c(NCC)ncnc32)c1Cl. The minimum atomic E-state index is -3.63. The summed E-state index contributed by atoms with van der Waals surface area (Å²) < 4.78 is 40.8. The Bertz CT molecular complexity index is 1070. The molecule has 30 heavy (non-hydrogen) atoms. The van der Waals surface area contributed by atoms with Gasteiger partial charge >= 0.3 is 0 Å². The number of hydrogen-bond acceptors (Lipinski definition) is 7. The third-order valence-electron chi connectivity index (χ3n) is 4.29. The summed E-state index contributed by atoms with van der Waals surface area (Å²) in [5.74, 6) is -0.918. The number of hydrogen-bond donors (Lipinski definition) is 3. The van der Waals surface area contributed by atoms with Gasteiger partial charge in [0, 0.05) is 12.3 Å². The van der Waals surface area contributed by atoms with Crippen molar-refractivity contribution < 1.29 is 17.6 Å². The lowest BCUT2D eigenvalue weighted by molar-refractivity contribution is -0.117. The van der Waals surface area contributed by atoms with E-state index in [0.29, 0.717) is 30.2 Å². The van der Waals surface area contributed by atoms with E-state index in [4.69, 9.17) is 11.6 Å². The van der Waals surface area contributed by atoms with Crippen LogP contribution in [0.25, 0.3) is 0 Å². The number of nitrogens with zero attached hydrogens (tertiary/aromatic N) is 2. The molecule has 0 spiro atoms. The van der Waals surface area contributed by atoms with E-state index in [-0.39, 0.29) is 22.2 Å². The summed E-state index contributed by atoms with van der Waals surface area (Å²) in [5.41, 5.74) is 0.275. The molecule has 1 unspecified atom stereocenters. The second-order valence-corrected chi connectivity index (χ2v) is 9.77. The van der Waals surface area contributed by atoms with Gasteiger partial charge in [0.1, 0.15) is 18.0 Å². The Morgan fingerprint density at radius 1 is 1.33 bits per heavy atom. The molecule has 1 atom stereocenters. The fourth-order valence-electron chi connectivity index (χ4n) is 2.96. The van der Waals surface area contributed by atoms with E-state index in [1.807, 2.05) is 6.92 Å². The second-order valence-electron chi connectivity index (χ2n) is 6.52. The smallest absolute Gasteiger partial charge is 0.234 e. The van der Waals surface area contributed by atoms with Crippen LogP contribution in [0, 0.1) is 5.82 Å². The van der Waals surface area contributed by atoms with Gasteiger partial charge in [0.15, 0.2) is 0 Å². The van der Waals surface area contributed by atoms with Crippen molar-refractivity contribution in [1.82, 2.24) is 9.97 Å². The van der Waals surface area contributed by atoms with E-state index in [0.717, 1.165) is 11.0 Å². The van der Waals surface area contributed by atoms with Crippen LogP contribution in [0.1, 0.15) is 31.9 Å². The Morgan fingerprint density at radius 2 is 2.10 bits per heavy atom. The fourth-order valence-corrected chi connectivity index (χ4v) is 5.66. The lowest BCUT2D eigenvalue weighted by Crippen LogP contribution is -2.23. The number of amides is 1. The van der Waals surface area contributed by atoms with Gasteiger partial charge in [-0.05, 0) is 25.5 Å². The maximum absolute atomic E-state index is 14.4. The number of halogens is 2. The number of nitrogens with one attached hydrogen (secondary N) is 3. The Kier molecular flexibility index (Phi) is 7.04. The van der Waals surface area contributed by atoms with Crippen molar-refractivity contribution in [2.45, 2.75) is 31.1 Å². The number of thioether (sulfide) groups is 1. The molecule has 0 saturated heterocycles. The summed E-state index contributed by atoms with van der Waals surface area (Å²) >= 11 is 7.65. The van der Waals surface area contributed by atoms with E-state index < -0.39 is 27.7 Å². The van der Waals surface area contributed by atoms with Gasteiger partial charge in [-0.3, -0.25) is 9.52 Å². The average Bonchev–Trinajstić information content (AvgIpc) is 3.13. The normalized spacial score (nSPS) is 15.5. The monoisotopic (exact) mass is 473 g/mol. The Balaban J connectivity index is 1.85. The van der Waals surface area contributed by atoms with Crippen LogP contribution in [0.2, 0.25) is 5.02 Å². The predicted molar refractivity (Wildman–Crippen MR) is 117 cm³/mol. The van der Waals surface area contributed by atoms with Crippen LogP contribution in [0.4, 0.5) is 21.6 Å². The highest BCUT2D eigenvalue weighted by molar-refractivity contribution is 7.99. The molecular formula is C18H21ClFN5O3S2. The van der Waals surface area contributed by atoms with Crippen molar-refractivity contribution in [2.24, 2.45) is 0 Å². The molecule has 2 aromatic rings. The topological polar surface area (TPSA) is 113 Å². The van der Waals surface area contributed by atoms with Gasteiger partial charge in [-0.1, -0.05) is 18.5 Å². The first-order chi connectivity index (χ1) is 14.3. The predicted octanol–water partition coefficient (Wildman–Crippen LogP) is 3.68. The quantitative estimate of drug-likeness (QED) is 0.536. The molecular weight excluding hydrogens is 453 g/mol. The first kappa shape index (κ1) is 22.6. The van der Waals surface area contributed by atoms with Crippen molar-refractivity contribution in [1.29, 1.82) is 0 Å². The molecule has 0 saturated carbocycles. The average molecular weight is 474 g/mol. The molecule has 1 aromatic heterocycles. The Morgan fingerprint density at radius 3 is 2.80 bits per heavy atom. The summed E-state index contributed by atoms with van der Waals surface area (Å²) in [5, 5.41) is 5.40. The molecule has 162 valence electrons. The maximum atomic E-state index is 14.4. The molecule has 12 heteroatoms. The third kappa shape index (κ3) is 4.79. The first-order valence-corrected chi connectivity index (χ1v) is 12.3. The highest BCUT2D eigenvalue weighted by Crippen LogP contribution is 2.43. The Hall–Kier alpha value is -2.11. The number of carbonyl (C=O) groups excluding carboxylic acids is 1. The molecule has 8 nitrogen and oxygen atoms in total. The summed E-state index contributed by atoms with van der Waals surface area (Å²) in [4.78, 5) is 22.1. The summed E-state index contributed by atoms with van der Waals surface area (Å²) in [7, 11) is -3.63.